The van der Waals surface area contributed by atoms with Crippen molar-refractivity contribution in [3.8, 4) is 12.3 Å². The first-order valence-corrected chi connectivity index (χ1v) is 7.39. The first kappa shape index (κ1) is 21.8. The fraction of sp³-hybridized carbons (Fsp3) is 0.182. The summed E-state index contributed by atoms with van der Waals surface area (Å²) in [6.45, 7) is 19.3. The van der Waals surface area contributed by atoms with Gasteiger partial charge in [-0.05, 0) is 42.2 Å². The van der Waals surface area contributed by atoms with E-state index < -0.39 is 0 Å². The van der Waals surface area contributed by atoms with Crippen molar-refractivity contribution in [2.24, 2.45) is 0 Å². The SMILES string of the molecule is C#CC.C=CC(=C\C)/C(C=C)=C/C(=C)c1ccccc1.CC. The second-order valence-corrected chi connectivity index (χ2v) is 3.93. The molecule has 0 amide bonds. The van der Waals surface area contributed by atoms with Gasteiger partial charge in [-0.2, -0.15) is 0 Å². The lowest BCUT2D eigenvalue weighted by molar-refractivity contribution is 1.50. The summed E-state index contributed by atoms with van der Waals surface area (Å²) in [4.78, 5) is 0. The molecule has 0 aliphatic carbocycles. The molecule has 0 aromatic heterocycles. The molecule has 0 bridgehead atoms. The number of hydrogen-bond acceptors (Lipinski definition) is 0. The Morgan fingerprint density at radius 3 is 1.86 bits per heavy atom. The summed E-state index contributed by atoms with van der Waals surface area (Å²) in [6.07, 6.45) is 12.3. The van der Waals surface area contributed by atoms with Crippen LogP contribution in [0.25, 0.3) is 5.57 Å². The molecule has 0 saturated heterocycles. The van der Waals surface area contributed by atoms with E-state index in [4.69, 9.17) is 0 Å². The highest BCUT2D eigenvalue weighted by Gasteiger charge is 1.99. The van der Waals surface area contributed by atoms with Gasteiger partial charge in [0.25, 0.3) is 0 Å². The minimum absolute atomic E-state index is 0.974. The topological polar surface area (TPSA) is 0 Å². The van der Waals surface area contributed by atoms with Gasteiger partial charge in [-0.25, -0.2) is 0 Å². The van der Waals surface area contributed by atoms with Crippen LogP contribution in [0, 0.1) is 12.3 Å². The van der Waals surface area contributed by atoms with Crippen LogP contribution in [0.2, 0.25) is 0 Å². The summed E-state index contributed by atoms with van der Waals surface area (Å²) in [5, 5.41) is 0. The highest BCUT2D eigenvalue weighted by atomic mass is 14.0. The average molecular weight is 292 g/mol. The Morgan fingerprint density at radius 1 is 1.05 bits per heavy atom. The third-order valence-corrected chi connectivity index (χ3v) is 2.56. The van der Waals surface area contributed by atoms with E-state index in [0.717, 1.165) is 22.3 Å². The van der Waals surface area contributed by atoms with E-state index in [-0.39, 0.29) is 0 Å². The highest BCUT2D eigenvalue weighted by Crippen LogP contribution is 2.20. The first-order chi connectivity index (χ1) is 10.6. The molecule has 0 atom stereocenters. The van der Waals surface area contributed by atoms with Crippen LogP contribution in [-0.2, 0) is 0 Å². The molecule has 1 aromatic rings. The van der Waals surface area contributed by atoms with E-state index in [1.807, 2.05) is 75.4 Å². The summed E-state index contributed by atoms with van der Waals surface area (Å²) in [5.74, 6) is 2.25. The molecule has 0 saturated carbocycles. The Bertz CT molecular complexity index is 545. The molecule has 116 valence electrons. The van der Waals surface area contributed by atoms with Gasteiger partial charge in [0.1, 0.15) is 0 Å². The Hall–Kier alpha value is -2.52. The summed E-state index contributed by atoms with van der Waals surface area (Å²) in [5.41, 5.74) is 4.20. The molecular formula is C22H28. The molecule has 22 heavy (non-hydrogen) atoms. The smallest absolute Gasteiger partial charge is 0.00297 e. The Balaban J connectivity index is 0. The van der Waals surface area contributed by atoms with Crippen LogP contribution < -0.4 is 0 Å². The fourth-order valence-electron chi connectivity index (χ4n) is 1.59. The highest BCUT2D eigenvalue weighted by molar-refractivity contribution is 5.74. The van der Waals surface area contributed by atoms with Crippen LogP contribution in [-0.4, -0.2) is 0 Å². The Kier molecular flexibility index (Phi) is 14.7. The van der Waals surface area contributed by atoms with Crippen molar-refractivity contribution in [3.63, 3.8) is 0 Å². The summed E-state index contributed by atoms with van der Waals surface area (Å²) in [6, 6.07) is 10.1. The molecule has 0 heteroatoms. The van der Waals surface area contributed by atoms with E-state index >= 15 is 0 Å². The van der Waals surface area contributed by atoms with Crippen LogP contribution >= 0.6 is 0 Å². The second-order valence-electron chi connectivity index (χ2n) is 3.93. The van der Waals surface area contributed by atoms with Gasteiger partial charge in [0.15, 0.2) is 0 Å². The van der Waals surface area contributed by atoms with Gasteiger partial charge in [-0.3, -0.25) is 0 Å². The van der Waals surface area contributed by atoms with Crippen LogP contribution in [0.1, 0.15) is 33.3 Å². The molecule has 0 spiro atoms. The molecule has 1 aromatic carbocycles. The molecule has 0 heterocycles. The molecular weight excluding hydrogens is 264 g/mol. The summed E-state index contributed by atoms with van der Waals surface area (Å²) >= 11 is 0. The number of benzene rings is 1. The largest absolute Gasteiger partial charge is 0.120 e. The molecule has 0 aliphatic heterocycles. The lowest BCUT2D eigenvalue weighted by Crippen LogP contribution is -1.85. The van der Waals surface area contributed by atoms with Crippen molar-refractivity contribution < 1.29 is 0 Å². The molecule has 0 radical (unpaired) electrons. The van der Waals surface area contributed by atoms with Crippen LogP contribution in [0.5, 0.6) is 0 Å². The van der Waals surface area contributed by atoms with Gasteiger partial charge in [0, 0.05) is 0 Å². The van der Waals surface area contributed by atoms with Gasteiger partial charge >= 0.3 is 0 Å². The van der Waals surface area contributed by atoms with E-state index in [1.165, 1.54) is 0 Å². The predicted molar refractivity (Wildman–Crippen MR) is 104 cm³/mol. The van der Waals surface area contributed by atoms with Crippen LogP contribution in [0.15, 0.2) is 85.5 Å². The summed E-state index contributed by atoms with van der Waals surface area (Å²) in [7, 11) is 0. The normalized spacial score (nSPS) is 9.95. The molecule has 0 unspecified atom stereocenters. The van der Waals surface area contributed by atoms with Crippen LogP contribution in [0.4, 0.5) is 0 Å². The van der Waals surface area contributed by atoms with Crippen molar-refractivity contribution in [3.05, 3.63) is 91.1 Å². The first-order valence-electron chi connectivity index (χ1n) is 7.39. The Labute approximate surface area is 137 Å². The second kappa shape index (κ2) is 14.9. The van der Waals surface area contributed by atoms with Crippen LogP contribution in [0.3, 0.4) is 0 Å². The van der Waals surface area contributed by atoms with E-state index in [9.17, 15) is 0 Å². The minimum Gasteiger partial charge on any atom is -0.120 e. The van der Waals surface area contributed by atoms with E-state index in [2.05, 4.69) is 32.1 Å². The summed E-state index contributed by atoms with van der Waals surface area (Å²) < 4.78 is 0. The fourth-order valence-corrected chi connectivity index (χ4v) is 1.59. The molecule has 0 nitrogen and oxygen atoms in total. The lowest BCUT2D eigenvalue weighted by atomic mass is 10.00. The zero-order valence-corrected chi connectivity index (χ0v) is 14.4. The number of hydrogen-bond donors (Lipinski definition) is 0. The maximum Gasteiger partial charge on any atom is -0.00297 e. The average Bonchev–Trinajstić information content (AvgIpc) is 2.58. The van der Waals surface area contributed by atoms with Gasteiger partial charge in [0.2, 0.25) is 0 Å². The number of terminal acetylenes is 1. The van der Waals surface area contributed by atoms with Crippen molar-refractivity contribution in [2.45, 2.75) is 27.7 Å². The van der Waals surface area contributed by atoms with Crippen molar-refractivity contribution in [1.29, 1.82) is 0 Å². The van der Waals surface area contributed by atoms with E-state index in [1.54, 1.807) is 6.92 Å². The Morgan fingerprint density at radius 2 is 1.50 bits per heavy atom. The van der Waals surface area contributed by atoms with E-state index in [0.29, 0.717) is 0 Å². The van der Waals surface area contributed by atoms with Crippen molar-refractivity contribution >= 4 is 5.57 Å². The standard InChI is InChI=1S/C17H18.C3H4.C2H6/c1-5-15(6-2)16(7-3)13-14(4)17-11-9-8-10-12-17;1-3-2;1-2/h5-13H,1,3-4H2,2H3;1H,2H3;1-2H3/b15-6+,16-13+;;. The van der Waals surface area contributed by atoms with Gasteiger partial charge in [0.05, 0.1) is 0 Å². The quantitative estimate of drug-likeness (QED) is 0.423. The molecule has 0 N–H and O–H groups in total. The lowest BCUT2D eigenvalue weighted by Gasteiger charge is -2.05. The van der Waals surface area contributed by atoms with Gasteiger partial charge in [-0.1, -0.05) is 82.1 Å². The molecule has 0 aliphatic rings. The zero-order chi connectivity index (χ0) is 17.4. The number of rotatable bonds is 5. The maximum absolute atomic E-state index is 4.60. The third-order valence-electron chi connectivity index (χ3n) is 2.56. The van der Waals surface area contributed by atoms with Crippen molar-refractivity contribution in [1.82, 2.24) is 0 Å². The third kappa shape index (κ3) is 8.61. The maximum atomic E-state index is 4.60. The molecule has 0 fully saturated rings. The number of allylic oxidation sites excluding steroid dienone is 7. The van der Waals surface area contributed by atoms with Gasteiger partial charge in [-0.15, -0.1) is 12.3 Å². The van der Waals surface area contributed by atoms with Gasteiger partial charge < -0.3 is 0 Å². The zero-order valence-electron chi connectivity index (χ0n) is 14.4. The predicted octanol–water partition coefficient (Wildman–Crippen LogP) is 6.61. The monoisotopic (exact) mass is 292 g/mol. The minimum atomic E-state index is 0.974. The van der Waals surface area contributed by atoms with Crippen molar-refractivity contribution in [2.75, 3.05) is 0 Å². The molecule has 1 rings (SSSR count).